The lowest BCUT2D eigenvalue weighted by molar-refractivity contribution is 0.345. The smallest absolute Gasteiger partial charge is 0.175 e. The Morgan fingerprint density at radius 2 is 1.76 bits per heavy atom. The molecular formula is C12H18BrNO3. The summed E-state index contributed by atoms with van der Waals surface area (Å²) in [6.07, 6.45) is 1.73. The molecule has 0 fully saturated rings. The molecule has 2 N–H and O–H groups in total. The second-order valence-electron chi connectivity index (χ2n) is 3.50. The predicted octanol–water partition coefficient (Wildman–Crippen LogP) is 2.37. The first kappa shape index (κ1) is 14.1. The molecule has 0 amide bonds. The highest BCUT2D eigenvalue weighted by molar-refractivity contribution is 9.10. The van der Waals surface area contributed by atoms with Crippen molar-refractivity contribution in [2.24, 2.45) is 5.73 Å². The number of ether oxygens (including phenoxy) is 3. The Morgan fingerprint density at radius 3 is 2.24 bits per heavy atom. The fraction of sp³-hybridized carbons (Fsp3) is 0.500. The van der Waals surface area contributed by atoms with Gasteiger partial charge in [-0.2, -0.15) is 0 Å². The van der Waals surface area contributed by atoms with Crippen LogP contribution in [0.4, 0.5) is 0 Å². The summed E-state index contributed by atoms with van der Waals surface area (Å²) in [5.41, 5.74) is 6.58. The Labute approximate surface area is 110 Å². The zero-order valence-corrected chi connectivity index (χ0v) is 12.0. The Morgan fingerprint density at radius 1 is 1.12 bits per heavy atom. The van der Waals surface area contributed by atoms with Crippen molar-refractivity contribution in [3.8, 4) is 17.2 Å². The average Bonchev–Trinajstić information content (AvgIpc) is 2.36. The number of rotatable bonds is 6. The number of hydrogen-bond donors (Lipinski definition) is 1. The molecule has 0 aliphatic carbocycles. The van der Waals surface area contributed by atoms with Gasteiger partial charge in [0.15, 0.2) is 11.5 Å². The molecule has 0 aliphatic rings. The highest BCUT2D eigenvalue weighted by Crippen LogP contribution is 2.43. The molecule has 17 heavy (non-hydrogen) atoms. The van der Waals surface area contributed by atoms with Crippen LogP contribution in [0.3, 0.4) is 0 Å². The lowest BCUT2D eigenvalue weighted by Crippen LogP contribution is -2.04. The molecule has 0 bridgehead atoms. The zero-order chi connectivity index (χ0) is 12.8. The molecule has 1 aromatic rings. The van der Waals surface area contributed by atoms with Crippen LogP contribution >= 0.6 is 15.9 Å². The Kier molecular flexibility index (Phi) is 5.58. The lowest BCUT2D eigenvalue weighted by atomic mass is 10.1. The predicted molar refractivity (Wildman–Crippen MR) is 71.2 cm³/mol. The van der Waals surface area contributed by atoms with Gasteiger partial charge in [0.1, 0.15) is 5.75 Å². The van der Waals surface area contributed by atoms with Gasteiger partial charge in [-0.3, -0.25) is 0 Å². The van der Waals surface area contributed by atoms with E-state index >= 15 is 0 Å². The van der Waals surface area contributed by atoms with Gasteiger partial charge >= 0.3 is 0 Å². The average molecular weight is 304 g/mol. The van der Waals surface area contributed by atoms with Crippen LogP contribution in [-0.2, 0) is 6.42 Å². The van der Waals surface area contributed by atoms with Crippen molar-refractivity contribution in [2.45, 2.75) is 12.8 Å². The number of hydrogen-bond acceptors (Lipinski definition) is 4. The quantitative estimate of drug-likeness (QED) is 0.876. The summed E-state index contributed by atoms with van der Waals surface area (Å²) in [7, 11) is 4.85. The molecule has 96 valence electrons. The molecule has 0 saturated carbocycles. The molecule has 0 aromatic heterocycles. The van der Waals surface area contributed by atoms with Crippen molar-refractivity contribution in [3.05, 3.63) is 16.1 Å². The summed E-state index contributed by atoms with van der Waals surface area (Å²) in [6.45, 7) is 0.643. The molecule has 5 heteroatoms. The van der Waals surface area contributed by atoms with Crippen molar-refractivity contribution in [1.82, 2.24) is 0 Å². The molecular weight excluding hydrogens is 286 g/mol. The van der Waals surface area contributed by atoms with E-state index in [9.17, 15) is 0 Å². The number of benzene rings is 1. The fourth-order valence-corrected chi connectivity index (χ4v) is 2.41. The van der Waals surface area contributed by atoms with E-state index in [0.29, 0.717) is 18.0 Å². The second kappa shape index (κ2) is 6.71. The Bertz CT molecular complexity index is 383. The minimum absolute atomic E-state index is 0.643. The molecule has 1 aromatic carbocycles. The number of halogens is 1. The molecule has 0 radical (unpaired) electrons. The number of methoxy groups -OCH3 is 3. The van der Waals surface area contributed by atoms with Gasteiger partial charge in [-0.25, -0.2) is 0 Å². The highest BCUT2D eigenvalue weighted by Gasteiger charge is 2.17. The van der Waals surface area contributed by atoms with Crippen LogP contribution in [0, 0.1) is 0 Å². The maximum Gasteiger partial charge on any atom is 0.175 e. The molecule has 0 spiro atoms. The van der Waals surface area contributed by atoms with E-state index in [1.165, 1.54) is 0 Å². The molecule has 0 heterocycles. The summed E-state index contributed by atoms with van der Waals surface area (Å²) in [6, 6.07) is 1.83. The first-order valence-electron chi connectivity index (χ1n) is 5.37. The second-order valence-corrected chi connectivity index (χ2v) is 4.29. The normalized spacial score (nSPS) is 10.2. The number of nitrogens with two attached hydrogens (primary N) is 1. The van der Waals surface area contributed by atoms with Crippen molar-refractivity contribution in [1.29, 1.82) is 0 Å². The molecule has 4 nitrogen and oxygen atoms in total. The van der Waals surface area contributed by atoms with E-state index in [1.54, 1.807) is 21.3 Å². The van der Waals surface area contributed by atoms with Gasteiger partial charge in [0.2, 0.25) is 0 Å². The van der Waals surface area contributed by atoms with E-state index < -0.39 is 0 Å². The summed E-state index contributed by atoms with van der Waals surface area (Å²) < 4.78 is 16.8. The SMILES string of the molecule is COc1cc(OC)c(OC)c(Br)c1CCCN. The maximum atomic E-state index is 5.53. The molecule has 0 unspecified atom stereocenters. The van der Waals surface area contributed by atoms with Crippen molar-refractivity contribution >= 4 is 15.9 Å². The lowest BCUT2D eigenvalue weighted by Gasteiger charge is -2.16. The fourth-order valence-electron chi connectivity index (χ4n) is 1.66. The zero-order valence-electron chi connectivity index (χ0n) is 10.4. The third kappa shape index (κ3) is 3.04. The molecule has 1 rings (SSSR count). The standard InChI is InChI=1S/C12H18BrNO3/c1-15-9-7-10(16-2)12(17-3)11(13)8(9)5-4-6-14/h7H,4-6,14H2,1-3H3. The van der Waals surface area contributed by atoms with E-state index in [0.717, 1.165) is 28.6 Å². The van der Waals surface area contributed by atoms with Crippen LogP contribution in [0.15, 0.2) is 10.5 Å². The first-order valence-corrected chi connectivity index (χ1v) is 6.16. The molecule has 0 saturated heterocycles. The van der Waals surface area contributed by atoms with Gasteiger partial charge in [-0.05, 0) is 35.3 Å². The van der Waals surface area contributed by atoms with Crippen molar-refractivity contribution in [3.63, 3.8) is 0 Å². The van der Waals surface area contributed by atoms with Crippen LogP contribution < -0.4 is 19.9 Å². The van der Waals surface area contributed by atoms with E-state index in [2.05, 4.69) is 15.9 Å². The Hall–Kier alpha value is -0.940. The van der Waals surface area contributed by atoms with Crippen molar-refractivity contribution < 1.29 is 14.2 Å². The summed E-state index contributed by atoms with van der Waals surface area (Å²) >= 11 is 3.53. The van der Waals surface area contributed by atoms with Crippen LogP contribution in [0.5, 0.6) is 17.2 Å². The Balaban J connectivity index is 3.25. The van der Waals surface area contributed by atoms with E-state index in [1.807, 2.05) is 6.07 Å². The van der Waals surface area contributed by atoms with Gasteiger partial charge in [0.05, 0.1) is 25.8 Å². The minimum atomic E-state index is 0.643. The van der Waals surface area contributed by atoms with Crippen LogP contribution in [-0.4, -0.2) is 27.9 Å². The van der Waals surface area contributed by atoms with Gasteiger partial charge in [-0.15, -0.1) is 0 Å². The van der Waals surface area contributed by atoms with Crippen LogP contribution in [0.1, 0.15) is 12.0 Å². The highest BCUT2D eigenvalue weighted by atomic mass is 79.9. The van der Waals surface area contributed by atoms with Crippen LogP contribution in [0.25, 0.3) is 0 Å². The van der Waals surface area contributed by atoms with E-state index in [-0.39, 0.29) is 0 Å². The van der Waals surface area contributed by atoms with Crippen LogP contribution in [0.2, 0.25) is 0 Å². The van der Waals surface area contributed by atoms with Gasteiger partial charge in [0, 0.05) is 11.6 Å². The molecule has 0 atom stereocenters. The first-order chi connectivity index (χ1) is 8.19. The summed E-state index contributed by atoms with van der Waals surface area (Å²) in [4.78, 5) is 0. The summed E-state index contributed by atoms with van der Waals surface area (Å²) in [5.74, 6) is 2.11. The topological polar surface area (TPSA) is 53.7 Å². The van der Waals surface area contributed by atoms with Gasteiger partial charge in [0.25, 0.3) is 0 Å². The van der Waals surface area contributed by atoms with Gasteiger partial charge in [-0.1, -0.05) is 0 Å². The molecule has 0 aliphatic heterocycles. The largest absolute Gasteiger partial charge is 0.496 e. The summed E-state index contributed by atoms with van der Waals surface area (Å²) in [5, 5.41) is 0. The maximum absolute atomic E-state index is 5.53. The van der Waals surface area contributed by atoms with E-state index in [4.69, 9.17) is 19.9 Å². The third-order valence-corrected chi connectivity index (χ3v) is 3.36. The third-order valence-electron chi connectivity index (χ3n) is 2.52. The monoisotopic (exact) mass is 303 g/mol. The van der Waals surface area contributed by atoms with Gasteiger partial charge < -0.3 is 19.9 Å². The van der Waals surface area contributed by atoms with Crippen molar-refractivity contribution in [2.75, 3.05) is 27.9 Å². The minimum Gasteiger partial charge on any atom is -0.496 e.